The average molecular weight is 389 g/mol. The Morgan fingerprint density at radius 3 is 2.41 bits per heavy atom. The highest BCUT2D eigenvalue weighted by molar-refractivity contribution is 7.20. The van der Waals surface area contributed by atoms with Crippen molar-refractivity contribution in [2.45, 2.75) is 19.4 Å². The number of halogens is 2. The second-order valence-electron chi connectivity index (χ2n) is 6.43. The van der Waals surface area contributed by atoms with Crippen molar-refractivity contribution >= 4 is 28.1 Å². The molecular formula is C19H17F2N3O2S. The molecule has 0 saturated carbocycles. The number of aromatic nitrogens is 1. The van der Waals surface area contributed by atoms with Crippen LogP contribution in [0.4, 0.5) is 19.6 Å². The van der Waals surface area contributed by atoms with Gasteiger partial charge >= 0.3 is 0 Å². The maximum Gasteiger partial charge on any atom is 0.251 e. The highest BCUT2D eigenvalue weighted by Crippen LogP contribution is 2.40. The van der Waals surface area contributed by atoms with E-state index in [0.717, 1.165) is 23.5 Å². The van der Waals surface area contributed by atoms with Crippen LogP contribution in [0.1, 0.15) is 29.8 Å². The first-order chi connectivity index (χ1) is 12.7. The van der Waals surface area contributed by atoms with E-state index in [9.17, 15) is 18.7 Å². The number of thiophene rings is 1. The van der Waals surface area contributed by atoms with Crippen molar-refractivity contribution in [1.82, 2.24) is 4.98 Å². The van der Waals surface area contributed by atoms with E-state index in [1.807, 2.05) is 0 Å². The molecule has 2 aromatic heterocycles. The fourth-order valence-corrected chi connectivity index (χ4v) is 3.62. The van der Waals surface area contributed by atoms with Gasteiger partial charge in [-0.15, -0.1) is 11.3 Å². The van der Waals surface area contributed by atoms with Crippen molar-refractivity contribution in [1.29, 1.82) is 0 Å². The molecule has 1 aromatic carbocycles. The second-order valence-corrected chi connectivity index (χ2v) is 7.48. The van der Waals surface area contributed by atoms with Gasteiger partial charge in [0.2, 0.25) is 0 Å². The summed E-state index contributed by atoms with van der Waals surface area (Å²) in [6.45, 7) is 2.87. The van der Waals surface area contributed by atoms with Crippen molar-refractivity contribution in [3.05, 3.63) is 65.4 Å². The van der Waals surface area contributed by atoms with E-state index >= 15 is 0 Å². The third kappa shape index (κ3) is 3.96. The number of carbonyl (C=O) groups is 1. The first kappa shape index (κ1) is 18.9. The predicted octanol–water partition coefficient (Wildman–Crippen LogP) is 4.16. The number of nitrogens with two attached hydrogens (primary N) is 1. The van der Waals surface area contributed by atoms with Crippen LogP contribution in [0.5, 0.6) is 0 Å². The molecule has 4 N–H and O–H groups in total. The van der Waals surface area contributed by atoms with E-state index in [1.54, 1.807) is 24.4 Å². The molecule has 8 heteroatoms. The van der Waals surface area contributed by atoms with Crippen molar-refractivity contribution in [2.24, 2.45) is 5.73 Å². The van der Waals surface area contributed by atoms with Gasteiger partial charge < -0.3 is 16.2 Å². The molecular weight excluding hydrogens is 372 g/mol. The third-order valence-electron chi connectivity index (χ3n) is 3.90. The molecule has 0 atom stereocenters. The van der Waals surface area contributed by atoms with Crippen molar-refractivity contribution in [2.75, 3.05) is 5.32 Å². The zero-order chi connectivity index (χ0) is 19.8. The molecule has 0 unspecified atom stereocenters. The van der Waals surface area contributed by atoms with Crippen LogP contribution < -0.4 is 11.1 Å². The smallest absolute Gasteiger partial charge is 0.251 e. The standard InChI is InChI=1S/C19H17F2N3O2S/c1-19(2,26)10-7-12(20)16(13(21)8-10)14-9-11(17(22)25)18(27-14)24-15-5-3-4-6-23-15/h3-9,26H,1-2H3,(H2,22,25)(H,23,24). The Balaban J connectivity index is 2.08. The lowest BCUT2D eigenvalue weighted by molar-refractivity contribution is 0.0778. The van der Waals surface area contributed by atoms with E-state index in [0.29, 0.717) is 10.8 Å². The van der Waals surface area contributed by atoms with Gasteiger partial charge in [-0.05, 0) is 49.7 Å². The second kappa shape index (κ2) is 7.05. The molecule has 0 radical (unpaired) electrons. The summed E-state index contributed by atoms with van der Waals surface area (Å²) in [6, 6.07) is 8.66. The number of carbonyl (C=O) groups excluding carboxylic acids is 1. The van der Waals surface area contributed by atoms with Crippen molar-refractivity contribution < 1.29 is 18.7 Å². The van der Waals surface area contributed by atoms with Crippen molar-refractivity contribution in [3.8, 4) is 10.4 Å². The minimum absolute atomic E-state index is 0.103. The van der Waals surface area contributed by atoms with Crippen LogP contribution in [-0.2, 0) is 5.60 Å². The highest BCUT2D eigenvalue weighted by atomic mass is 32.1. The Morgan fingerprint density at radius 1 is 1.22 bits per heavy atom. The van der Waals surface area contributed by atoms with Gasteiger partial charge in [0.05, 0.1) is 16.7 Å². The lowest BCUT2D eigenvalue weighted by atomic mass is 9.96. The van der Waals surface area contributed by atoms with Crippen LogP contribution in [0.3, 0.4) is 0 Å². The van der Waals surface area contributed by atoms with E-state index in [2.05, 4.69) is 10.3 Å². The quantitative estimate of drug-likeness (QED) is 0.611. The van der Waals surface area contributed by atoms with Gasteiger partial charge in [0.15, 0.2) is 0 Å². The number of aliphatic hydroxyl groups is 1. The third-order valence-corrected chi connectivity index (χ3v) is 4.97. The van der Waals surface area contributed by atoms with Crippen molar-refractivity contribution in [3.63, 3.8) is 0 Å². The maximum absolute atomic E-state index is 14.6. The molecule has 1 amide bonds. The molecule has 140 valence electrons. The zero-order valence-electron chi connectivity index (χ0n) is 14.6. The Hall–Kier alpha value is -2.84. The van der Waals surface area contributed by atoms with Crippen LogP contribution in [-0.4, -0.2) is 16.0 Å². The minimum atomic E-state index is -1.39. The summed E-state index contributed by atoms with van der Waals surface area (Å²) >= 11 is 0.983. The largest absolute Gasteiger partial charge is 0.386 e. The van der Waals surface area contributed by atoms with Crippen LogP contribution in [0.25, 0.3) is 10.4 Å². The summed E-state index contributed by atoms with van der Waals surface area (Å²) in [4.78, 5) is 16.1. The summed E-state index contributed by atoms with van der Waals surface area (Å²) < 4.78 is 29.2. The number of primary amides is 1. The number of pyridine rings is 1. The van der Waals surface area contributed by atoms with Gasteiger partial charge in [-0.1, -0.05) is 6.07 Å². The Morgan fingerprint density at radius 2 is 1.89 bits per heavy atom. The van der Waals surface area contributed by atoms with E-state index in [-0.39, 0.29) is 21.6 Å². The molecule has 3 rings (SSSR count). The molecule has 3 aromatic rings. The summed E-state index contributed by atoms with van der Waals surface area (Å²) in [5.41, 5.74) is 3.94. The molecule has 0 saturated heterocycles. The molecule has 0 fully saturated rings. The molecule has 0 aliphatic rings. The van der Waals surface area contributed by atoms with Gasteiger partial charge in [-0.2, -0.15) is 0 Å². The Bertz CT molecular complexity index is 975. The SMILES string of the molecule is CC(C)(O)c1cc(F)c(-c2cc(C(N)=O)c(Nc3ccccn3)s2)c(F)c1. The number of rotatable bonds is 5. The predicted molar refractivity (Wildman–Crippen MR) is 101 cm³/mol. The summed E-state index contributed by atoms with van der Waals surface area (Å²) in [6.07, 6.45) is 1.56. The zero-order valence-corrected chi connectivity index (χ0v) is 15.4. The fourth-order valence-electron chi connectivity index (χ4n) is 2.50. The number of nitrogens with zero attached hydrogens (tertiary/aromatic N) is 1. The first-order valence-corrected chi connectivity index (χ1v) is 8.82. The number of benzene rings is 1. The van der Waals surface area contributed by atoms with E-state index in [4.69, 9.17) is 5.73 Å². The number of amides is 1. The topological polar surface area (TPSA) is 88.2 Å². The summed E-state index contributed by atoms with van der Waals surface area (Å²) in [5, 5.41) is 13.3. The molecule has 0 spiro atoms. The first-order valence-electron chi connectivity index (χ1n) is 8.01. The van der Waals surface area contributed by atoms with Gasteiger partial charge in [0, 0.05) is 11.1 Å². The number of hydrogen-bond donors (Lipinski definition) is 3. The summed E-state index contributed by atoms with van der Waals surface area (Å²) in [7, 11) is 0. The van der Waals surface area contributed by atoms with E-state index in [1.165, 1.54) is 19.9 Å². The summed E-state index contributed by atoms with van der Waals surface area (Å²) in [5.74, 6) is -1.95. The molecule has 0 aliphatic carbocycles. The average Bonchev–Trinajstić information content (AvgIpc) is 2.98. The lowest BCUT2D eigenvalue weighted by Crippen LogP contribution is -2.16. The normalized spacial score (nSPS) is 11.4. The number of hydrogen-bond acceptors (Lipinski definition) is 5. The molecule has 0 bridgehead atoms. The van der Waals surface area contributed by atoms with Gasteiger partial charge in [0.1, 0.15) is 22.5 Å². The van der Waals surface area contributed by atoms with Gasteiger partial charge in [-0.25, -0.2) is 13.8 Å². The lowest BCUT2D eigenvalue weighted by Gasteiger charge is -2.18. The number of anilines is 2. The minimum Gasteiger partial charge on any atom is -0.386 e. The molecule has 27 heavy (non-hydrogen) atoms. The number of nitrogens with one attached hydrogen (secondary N) is 1. The van der Waals surface area contributed by atoms with Gasteiger partial charge in [-0.3, -0.25) is 4.79 Å². The Labute approximate surface area is 158 Å². The molecule has 5 nitrogen and oxygen atoms in total. The van der Waals surface area contributed by atoms with Crippen LogP contribution in [0.2, 0.25) is 0 Å². The molecule has 2 heterocycles. The molecule has 0 aliphatic heterocycles. The highest BCUT2D eigenvalue weighted by Gasteiger charge is 2.24. The van der Waals surface area contributed by atoms with Gasteiger partial charge in [0.25, 0.3) is 5.91 Å². The maximum atomic E-state index is 14.6. The van der Waals surface area contributed by atoms with Crippen LogP contribution >= 0.6 is 11.3 Å². The fraction of sp³-hybridized carbons (Fsp3) is 0.158. The monoisotopic (exact) mass is 389 g/mol. The van der Waals surface area contributed by atoms with Crippen LogP contribution in [0.15, 0.2) is 42.6 Å². The Kier molecular flexibility index (Phi) is 4.95. The van der Waals surface area contributed by atoms with Crippen LogP contribution in [0, 0.1) is 11.6 Å². The van der Waals surface area contributed by atoms with E-state index < -0.39 is 23.1 Å².